The first kappa shape index (κ1) is 15.1. The van der Waals surface area contributed by atoms with Gasteiger partial charge in [-0.25, -0.2) is 9.98 Å². The molecule has 3 nitrogen and oxygen atoms in total. The molecule has 2 aromatic rings. The van der Waals surface area contributed by atoms with Crippen molar-refractivity contribution in [1.82, 2.24) is 0 Å². The molecule has 0 radical (unpaired) electrons. The second-order valence-corrected chi connectivity index (χ2v) is 8.38. The van der Waals surface area contributed by atoms with Crippen molar-refractivity contribution in [2.24, 2.45) is 9.98 Å². The van der Waals surface area contributed by atoms with Crippen molar-refractivity contribution in [2.45, 2.75) is 17.7 Å². The third-order valence-corrected chi connectivity index (χ3v) is 6.37. The standard InChI is InChI=1S/C17H14ClN3S2/c1-10-2-8-13(9-3-10)19-17-21-14-16(23-17)22-15(20-14)11-4-6-12(18)7-5-11/h2-9,14,16H,1H3,(H,19,21). The Balaban J connectivity index is 1.48. The van der Waals surface area contributed by atoms with Crippen molar-refractivity contribution in [2.75, 3.05) is 5.32 Å². The van der Waals surface area contributed by atoms with E-state index in [4.69, 9.17) is 21.6 Å². The number of hydrogen-bond acceptors (Lipinski definition) is 5. The lowest BCUT2D eigenvalue weighted by molar-refractivity contribution is 0.809. The molecule has 2 aromatic carbocycles. The fourth-order valence-corrected chi connectivity index (χ4v) is 4.95. The van der Waals surface area contributed by atoms with Crippen molar-refractivity contribution in [3.05, 3.63) is 64.7 Å². The molecule has 2 aliphatic heterocycles. The van der Waals surface area contributed by atoms with Gasteiger partial charge in [0.2, 0.25) is 0 Å². The summed E-state index contributed by atoms with van der Waals surface area (Å²) in [6.07, 6.45) is -0.0105. The number of nitrogens with zero attached hydrogens (tertiary/aromatic N) is 2. The zero-order valence-electron chi connectivity index (χ0n) is 12.4. The summed E-state index contributed by atoms with van der Waals surface area (Å²) in [7, 11) is 0. The van der Waals surface area contributed by atoms with Gasteiger partial charge in [-0.3, -0.25) is 0 Å². The first-order chi connectivity index (χ1) is 11.2. The number of thioether (sulfide) groups is 2. The fraction of sp³-hybridized carbons (Fsp3) is 0.176. The first-order valence-electron chi connectivity index (χ1n) is 7.26. The van der Waals surface area contributed by atoms with Crippen LogP contribution in [0.1, 0.15) is 11.1 Å². The number of anilines is 1. The van der Waals surface area contributed by atoms with Gasteiger partial charge in [-0.1, -0.05) is 65.0 Å². The molecular formula is C17H14ClN3S2. The number of fused-ring (bicyclic) bond motifs is 1. The molecule has 2 heterocycles. The average Bonchev–Trinajstić information content (AvgIpc) is 3.09. The van der Waals surface area contributed by atoms with E-state index in [2.05, 4.69) is 36.5 Å². The third kappa shape index (κ3) is 3.27. The summed E-state index contributed by atoms with van der Waals surface area (Å²) in [6.45, 7) is 2.08. The van der Waals surface area contributed by atoms with Crippen molar-refractivity contribution < 1.29 is 0 Å². The normalized spacial score (nSPS) is 22.5. The minimum Gasteiger partial charge on any atom is -0.335 e. The topological polar surface area (TPSA) is 36.8 Å². The minimum absolute atomic E-state index is 0.0105. The highest BCUT2D eigenvalue weighted by atomic mass is 35.5. The van der Waals surface area contributed by atoms with Gasteiger partial charge in [0.1, 0.15) is 9.63 Å². The van der Waals surface area contributed by atoms with Gasteiger partial charge < -0.3 is 5.32 Å². The molecule has 2 aliphatic rings. The van der Waals surface area contributed by atoms with E-state index in [0.717, 1.165) is 26.5 Å². The predicted octanol–water partition coefficient (Wildman–Crippen LogP) is 5.01. The number of amidine groups is 1. The van der Waals surface area contributed by atoms with E-state index in [1.807, 2.05) is 24.3 Å². The number of aryl methyl sites for hydroxylation is 1. The zero-order chi connectivity index (χ0) is 15.8. The quantitative estimate of drug-likeness (QED) is 0.818. The van der Waals surface area contributed by atoms with E-state index >= 15 is 0 Å². The fourth-order valence-electron chi connectivity index (χ4n) is 2.37. The van der Waals surface area contributed by atoms with Crippen LogP contribution in [0.2, 0.25) is 5.02 Å². The number of rotatable bonds is 2. The Labute approximate surface area is 148 Å². The Morgan fingerprint density at radius 1 is 0.957 bits per heavy atom. The number of halogens is 1. The number of benzene rings is 2. The molecule has 1 N–H and O–H groups in total. The molecule has 4 rings (SSSR count). The van der Waals surface area contributed by atoms with Gasteiger partial charge in [0.05, 0.1) is 0 Å². The molecule has 0 bridgehead atoms. The molecule has 6 heteroatoms. The van der Waals surface area contributed by atoms with E-state index in [0.29, 0.717) is 4.58 Å². The Morgan fingerprint density at radius 2 is 1.70 bits per heavy atom. The molecule has 0 fully saturated rings. The Bertz CT molecular complexity index is 784. The first-order valence-corrected chi connectivity index (χ1v) is 9.40. The Morgan fingerprint density at radius 3 is 2.39 bits per heavy atom. The lowest BCUT2D eigenvalue weighted by Crippen LogP contribution is -2.06. The highest BCUT2D eigenvalue weighted by molar-refractivity contribution is 8.31. The summed E-state index contributed by atoms with van der Waals surface area (Å²) >= 11 is 9.45. The second-order valence-electron chi connectivity index (χ2n) is 5.38. The molecule has 23 heavy (non-hydrogen) atoms. The molecule has 0 saturated heterocycles. The summed E-state index contributed by atoms with van der Waals surface area (Å²) in [4.78, 5) is 9.44. The Hall–Kier alpha value is -1.43. The highest BCUT2D eigenvalue weighted by Gasteiger charge is 2.37. The molecule has 0 aromatic heterocycles. The minimum atomic E-state index is -0.0105. The van der Waals surface area contributed by atoms with Crippen LogP contribution in [0.4, 0.5) is 5.69 Å². The van der Waals surface area contributed by atoms with Gasteiger partial charge in [0, 0.05) is 16.3 Å². The van der Waals surface area contributed by atoms with E-state index in [-0.39, 0.29) is 6.17 Å². The molecule has 0 spiro atoms. The maximum Gasteiger partial charge on any atom is 0.165 e. The van der Waals surface area contributed by atoms with Crippen LogP contribution in [0, 0.1) is 6.92 Å². The van der Waals surface area contributed by atoms with Crippen LogP contribution >= 0.6 is 35.1 Å². The van der Waals surface area contributed by atoms with Gasteiger partial charge in [0.15, 0.2) is 11.3 Å². The molecular weight excluding hydrogens is 346 g/mol. The maximum absolute atomic E-state index is 5.94. The van der Waals surface area contributed by atoms with Gasteiger partial charge in [-0.2, -0.15) is 0 Å². The zero-order valence-corrected chi connectivity index (χ0v) is 14.8. The van der Waals surface area contributed by atoms with Crippen LogP contribution in [0.5, 0.6) is 0 Å². The largest absolute Gasteiger partial charge is 0.335 e. The van der Waals surface area contributed by atoms with Crippen molar-refractivity contribution in [3.63, 3.8) is 0 Å². The second kappa shape index (κ2) is 6.23. The number of aliphatic imine (C=N–C) groups is 2. The van der Waals surface area contributed by atoms with Crippen LogP contribution in [0.15, 0.2) is 58.5 Å². The van der Waals surface area contributed by atoms with Gasteiger partial charge in [-0.15, -0.1) is 0 Å². The van der Waals surface area contributed by atoms with Gasteiger partial charge in [0.25, 0.3) is 0 Å². The van der Waals surface area contributed by atoms with Crippen molar-refractivity contribution in [1.29, 1.82) is 0 Å². The summed E-state index contributed by atoms with van der Waals surface area (Å²) in [5, 5.41) is 6.10. The summed E-state index contributed by atoms with van der Waals surface area (Å²) in [6, 6.07) is 16.1. The lowest BCUT2D eigenvalue weighted by Gasteiger charge is -2.07. The van der Waals surface area contributed by atoms with Crippen LogP contribution in [0.3, 0.4) is 0 Å². The van der Waals surface area contributed by atoms with Crippen molar-refractivity contribution in [3.8, 4) is 0 Å². The lowest BCUT2D eigenvalue weighted by atomic mass is 10.2. The van der Waals surface area contributed by atoms with Crippen molar-refractivity contribution >= 4 is 51.0 Å². The van der Waals surface area contributed by atoms with E-state index in [1.54, 1.807) is 23.5 Å². The third-order valence-electron chi connectivity index (χ3n) is 3.59. The predicted molar refractivity (Wildman–Crippen MR) is 103 cm³/mol. The highest BCUT2D eigenvalue weighted by Crippen LogP contribution is 2.43. The molecule has 2 atom stereocenters. The molecule has 0 saturated carbocycles. The van der Waals surface area contributed by atoms with E-state index in [9.17, 15) is 0 Å². The maximum atomic E-state index is 5.94. The van der Waals surface area contributed by atoms with Crippen LogP contribution in [-0.4, -0.2) is 21.0 Å². The summed E-state index contributed by atoms with van der Waals surface area (Å²) in [5.74, 6) is 0. The molecule has 0 amide bonds. The molecule has 2 unspecified atom stereocenters. The number of hydrogen-bond donors (Lipinski definition) is 1. The molecule has 0 aliphatic carbocycles. The monoisotopic (exact) mass is 359 g/mol. The van der Waals surface area contributed by atoms with Gasteiger partial charge in [-0.05, 0) is 31.2 Å². The summed E-state index contributed by atoms with van der Waals surface area (Å²) < 4.78 is 0.314. The van der Waals surface area contributed by atoms with Crippen LogP contribution in [0.25, 0.3) is 0 Å². The van der Waals surface area contributed by atoms with Crippen LogP contribution in [-0.2, 0) is 0 Å². The molecule has 116 valence electrons. The average molecular weight is 360 g/mol. The van der Waals surface area contributed by atoms with Gasteiger partial charge >= 0.3 is 0 Å². The van der Waals surface area contributed by atoms with Crippen LogP contribution < -0.4 is 5.32 Å². The summed E-state index contributed by atoms with van der Waals surface area (Å²) in [5.41, 5.74) is 3.42. The number of nitrogens with one attached hydrogen (secondary N) is 1. The Kier molecular flexibility index (Phi) is 4.09. The van der Waals surface area contributed by atoms with E-state index in [1.165, 1.54) is 5.56 Å². The van der Waals surface area contributed by atoms with E-state index < -0.39 is 0 Å². The SMILES string of the molecule is Cc1ccc(NC2=NC3N=C(c4ccc(Cl)cc4)SC3S2)cc1. The smallest absolute Gasteiger partial charge is 0.165 e.